The van der Waals surface area contributed by atoms with Crippen molar-refractivity contribution < 1.29 is 9.90 Å². The zero-order chi connectivity index (χ0) is 16.2. The van der Waals surface area contributed by atoms with Crippen molar-refractivity contribution in [1.29, 1.82) is 5.26 Å². The molecule has 0 fully saturated rings. The van der Waals surface area contributed by atoms with Gasteiger partial charge in [-0.2, -0.15) is 5.26 Å². The summed E-state index contributed by atoms with van der Waals surface area (Å²) in [5.74, 6) is -0.384. The Kier molecular flexibility index (Phi) is 5.31. The van der Waals surface area contributed by atoms with E-state index in [0.29, 0.717) is 17.8 Å². The van der Waals surface area contributed by atoms with E-state index in [1.54, 1.807) is 0 Å². The Labute approximate surface area is 126 Å². The maximum Gasteiger partial charge on any atom is 0.305 e. The van der Waals surface area contributed by atoms with E-state index in [1.165, 1.54) is 0 Å². The number of nitrogens with one attached hydrogen (secondary N) is 1. The van der Waals surface area contributed by atoms with Gasteiger partial charge in [0.15, 0.2) is 0 Å². The van der Waals surface area contributed by atoms with Crippen molar-refractivity contribution in [3.63, 3.8) is 0 Å². The van der Waals surface area contributed by atoms with Crippen LogP contribution < -0.4 is 5.32 Å². The van der Waals surface area contributed by atoms with E-state index in [-0.39, 0.29) is 17.9 Å². The molecular formula is C16H23N3O2. The normalized spacial score (nSPS) is 12.6. The molecule has 5 heteroatoms. The smallest absolute Gasteiger partial charge is 0.305 e. The van der Waals surface area contributed by atoms with Gasteiger partial charge >= 0.3 is 5.97 Å². The summed E-state index contributed by atoms with van der Waals surface area (Å²) in [6.45, 7) is 9.89. The maximum atomic E-state index is 11.0. The highest BCUT2D eigenvalue weighted by molar-refractivity contribution is 5.68. The Hall–Kier alpha value is -2.09. The summed E-state index contributed by atoms with van der Waals surface area (Å²) >= 11 is 0. The quantitative estimate of drug-likeness (QED) is 0.868. The minimum Gasteiger partial charge on any atom is -0.481 e. The number of rotatable bonds is 5. The summed E-state index contributed by atoms with van der Waals surface area (Å²) in [4.78, 5) is 15.4. The predicted molar refractivity (Wildman–Crippen MR) is 82.2 cm³/mol. The Morgan fingerprint density at radius 3 is 2.57 bits per heavy atom. The van der Waals surface area contributed by atoms with Crippen LogP contribution in [0.3, 0.4) is 0 Å². The first-order valence-corrected chi connectivity index (χ1v) is 6.99. The molecule has 0 bridgehead atoms. The minimum absolute atomic E-state index is 0.00317. The van der Waals surface area contributed by atoms with Gasteiger partial charge in [-0.05, 0) is 37.3 Å². The van der Waals surface area contributed by atoms with Gasteiger partial charge in [0, 0.05) is 11.7 Å². The average molecular weight is 289 g/mol. The van der Waals surface area contributed by atoms with E-state index in [0.717, 1.165) is 11.3 Å². The van der Waals surface area contributed by atoms with Gasteiger partial charge < -0.3 is 10.4 Å². The molecule has 114 valence electrons. The number of hydrogen-bond donors (Lipinski definition) is 2. The number of aromatic nitrogens is 1. The number of carboxylic acids is 1. The number of carbonyl (C=O) groups is 1. The molecule has 1 heterocycles. The van der Waals surface area contributed by atoms with E-state index < -0.39 is 5.97 Å². The molecule has 21 heavy (non-hydrogen) atoms. The summed E-state index contributed by atoms with van der Waals surface area (Å²) in [5, 5.41) is 21.5. The van der Waals surface area contributed by atoms with Gasteiger partial charge in [-0.15, -0.1) is 0 Å². The summed E-state index contributed by atoms with van der Waals surface area (Å²) in [6, 6.07) is 3.73. The Bertz CT molecular complexity index is 568. The number of nitriles is 1. The monoisotopic (exact) mass is 289 g/mol. The van der Waals surface area contributed by atoms with Crippen molar-refractivity contribution >= 4 is 11.8 Å². The lowest BCUT2D eigenvalue weighted by Gasteiger charge is -2.26. The van der Waals surface area contributed by atoms with Crippen molar-refractivity contribution in [2.75, 3.05) is 5.32 Å². The molecule has 1 aromatic heterocycles. The molecule has 5 nitrogen and oxygen atoms in total. The average Bonchev–Trinajstić information content (AvgIpc) is 2.24. The molecule has 0 aliphatic rings. The largest absolute Gasteiger partial charge is 0.481 e. The Balaban J connectivity index is 3.08. The third kappa shape index (κ3) is 5.42. The van der Waals surface area contributed by atoms with Gasteiger partial charge in [0.05, 0.1) is 12.0 Å². The summed E-state index contributed by atoms with van der Waals surface area (Å²) in [7, 11) is 0. The molecule has 0 saturated carbocycles. The Morgan fingerprint density at radius 2 is 2.10 bits per heavy atom. The number of carboxylic acid groups (broad SMARTS) is 1. The molecule has 1 atom stereocenters. The highest BCUT2D eigenvalue weighted by Crippen LogP contribution is 2.26. The fraction of sp³-hybridized carbons (Fsp3) is 0.562. The molecule has 1 aromatic rings. The van der Waals surface area contributed by atoms with E-state index in [1.807, 2.05) is 19.9 Å². The van der Waals surface area contributed by atoms with Crippen LogP contribution in [0, 0.1) is 30.6 Å². The second-order valence-electron chi connectivity index (χ2n) is 6.62. The lowest BCUT2D eigenvalue weighted by Crippen LogP contribution is -2.29. The van der Waals surface area contributed by atoms with Crippen LogP contribution in [0.15, 0.2) is 6.07 Å². The van der Waals surface area contributed by atoms with Crippen molar-refractivity contribution in [3.8, 4) is 6.07 Å². The topological polar surface area (TPSA) is 86.0 Å². The number of aliphatic carboxylic acids is 1. The molecule has 1 unspecified atom stereocenters. The first kappa shape index (κ1) is 17.0. The van der Waals surface area contributed by atoms with Gasteiger partial charge in [0.2, 0.25) is 0 Å². The number of anilines is 1. The van der Waals surface area contributed by atoms with E-state index in [9.17, 15) is 10.1 Å². The van der Waals surface area contributed by atoms with E-state index >= 15 is 0 Å². The zero-order valence-electron chi connectivity index (χ0n) is 13.3. The van der Waals surface area contributed by atoms with E-state index in [4.69, 9.17) is 5.11 Å². The van der Waals surface area contributed by atoms with Crippen LogP contribution in [0.5, 0.6) is 0 Å². The van der Waals surface area contributed by atoms with Crippen molar-refractivity contribution in [3.05, 3.63) is 22.9 Å². The van der Waals surface area contributed by atoms with Crippen molar-refractivity contribution in [2.24, 2.45) is 5.41 Å². The molecule has 0 aliphatic heterocycles. The number of aryl methyl sites for hydroxylation is 2. The molecule has 0 aromatic carbocycles. The van der Waals surface area contributed by atoms with Crippen molar-refractivity contribution in [1.82, 2.24) is 4.98 Å². The van der Waals surface area contributed by atoms with Gasteiger partial charge in [-0.3, -0.25) is 4.79 Å². The summed E-state index contributed by atoms with van der Waals surface area (Å²) in [5.41, 5.74) is 2.11. The minimum atomic E-state index is -0.861. The second kappa shape index (κ2) is 6.57. The first-order valence-electron chi connectivity index (χ1n) is 6.99. The van der Waals surface area contributed by atoms with Crippen LogP contribution in [0.25, 0.3) is 0 Å². The molecule has 0 saturated heterocycles. The van der Waals surface area contributed by atoms with Gasteiger partial charge in [-0.25, -0.2) is 4.98 Å². The second-order valence-corrected chi connectivity index (χ2v) is 6.62. The maximum absolute atomic E-state index is 11.0. The zero-order valence-corrected chi connectivity index (χ0v) is 13.3. The summed E-state index contributed by atoms with van der Waals surface area (Å²) in [6.07, 6.45) is 0.676. The van der Waals surface area contributed by atoms with Crippen LogP contribution in [0.2, 0.25) is 0 Å². The Morgan fingerprint density at radius 1 is 1.48 bits per heavy atom. The van der Waals surface area contributed by atoms with E-state index in [2.05, 4.69) is 37.1 Å². The predicted octanol–water partition coefficient (Wildman–Crippen LogP) is 3.26. The lowest BCUT2D eigenvalue weighted by molar-refractivity contribution is -0.137. The van der Waals surface area contributed by atoms with Crippen LogP contribution in [-0.2, 0) is 4.79 Å². The fourth-order valence-corrected chi connectivity index (χ4v) is 2.40. The van der Waals surface area contributed by atoms with Gasteiger partial charge in [-0.1, -0.05) is 20.8 Å². The third-order valence-electron chi connectivity index (χ3n) is 3.08. The SMILES string of the molecule is Cc1cc(C)c(C#N)c(NC(CC(=O)O)CC(C)(C)C)n1. The lowest BCUT2D eigenvalue weighted by atomic mass is 9.87. The van der Waals surface area contributed by atoms with Crippen LogP contribution in [0.1, 0.15) is 50.4 Å². The van der Waals surface area contributed by atoms with Crippen LogP contribution in [0.4, 0.5) is 5.82 Å². The van der Waals surface area contributed by atoms with Crippen LogP contribution in [-0.4, -0.2) is 22.1 Å². The van der Waals surface area contributed by atoms with Gasteiger partial charge in [0.1, 0.15) is 11.9 Å². The fourth-order valence-electron chi connectivity index (χ4n) is 2.40. The highest BCUT2D eigenvalue weighted by atomic mass is 16.4. The third-order valence-corrected chi connectivity index (χ3v) is 3.08. The van der Waals surface area contributed by atoms with Crippen LogP contribution >= 0.6 is 0 Å². The standard InChI is InChI=1S/C16H23N3O2/c1-10-6-11(2)18-15(13(10)9-17)19-12(7-14(20)21)8-16(3,4)5/h6,12H,7-8H2,1-5H3,(H,18,19)(H,20,21). The number of nitrogens with zero attached hydrogens (tertiary/aromatic N) is 2. The molecule has 2 N–H and O–H groups in total. The highest BCUT2D eigenvalue weighted by Gasteiger charge is 2.22. The number of pyridine rings is 1. The molecule has 0 radical (unpaired) electrons. The van der Waals surface area contributed by atoms with Crippen molar-refractivity contribution in [2.45, 2.75) is 53.5 Å². The first-order chi connectivity index (χ1) is 9.62. The molecule has 0 spiro atoms. The number of hydrogen-bond acceptors (Lipinski definition) is 4. The molecule has 0 aliphatic carbocycles. The van der Waals surface area contributed by atoms with Gasteiger partial charge in [0.25, 0.3) is 0 Å². The summed E-state index contributed by atoms with van der Waals surface area (Å²) < 4.78 is 0. The molecule has 0 amide bonds. The molecular weight excluding hydrogens is 266 g/mol. The molecule has 1 rings (SSSR count).